The van der Waals surface area contributed by atoms with E-state index in [1.807, 2.05) is 17.5 Å². The number of carbonyl (C=O) groups excluding carboxylic acids is 1. The maximum atomic E-state index is 12.6. The van der Waals surface area contributed by atoms with Crippen molar-refractivity contribution in [3.05, 3.63) is 64.2 Å². The molecule has 24 heavy (non-hydrogen) atoms. The van der Waals surface area contributed by atoms with Crippen molar-refractivity contribution in [2.75, 3.05) is 7.11 Å². The lowest BCUT2D eigenvalue weighted by Crippen LogP contribution is -2.31. The molecule has 3 aromatic heterocycles. The highest BCUT2D eigenvalue weighted by atomic mass is 32.1. The van der Waals surface area contributed by atoms with E-state index in [2.05, 4.69) is 26.8 Å². The molecule has 3 rings (SSSR count). The third-order valence-corrected chi connectivity index (χ3v) is 4.48. The van der Waals surface area contributed by atoms with Gasteiger partial charge >= 0.3 is 0 Å². The molecule has 0 saturated heterocycles. The van der Waals surface area contributed by atoms with Crippen molar-refractivity contribution in [2.45, 2.75) is 12.5 Å². The third-order valence-electron chi connectivity index (χ3n) is 3.75. The number of ether oxygens (including phenoxy) is 1. The Morgan fingerprint density at radius 3 is 2.92 bits per heavy atom. The van der Waals surface area contributed by atoms with Crippen molar-refractivity contribution in [2.24, 2.45) is 7.05 Å². The van der Waals surface area contributed by atoms with E-state index < -0.39 is 0 Å². The number of nitrogens with one attached hydrogen (secondary N) is 1. The van der Waals surface area contributed by atoms with E-state index in [-0.39, 0.29) is 11.9 Å². The number of pyridine rings is 1. The van der Waals surface area contributed by atoms with Crippen LogP contribution in [-0.4, -0.2) is 27.8 Å². The van der Waals surface area contributed by atoms with Crippen LogP contribution in [0.1, 0.15) is 27.7 Å². The minimum Gasteiger partial charge on any atom is -0.481 e. The summed E-state index contributed by atoms with van der Waals surface area (Å²) >= 11 is 1.63. The molecule has 0 radical (unpaired) electrons. The summed E-state index contributed by atoms with van der Waals surface area (Å²) in [6.45, 7) is 0. The number of aryl methyl sites for hydroxylation is 1. The van der Waals surface area contributed by atoms with Gasteiger partial charge < -0.3 is 10.1 Å². The smallest absolute Gasteiger partial charge is 0.270 e. The molecule has 0 aliphatic heterocycles. The molecule has 1 amide bonds. The van der Waals surface area contributed by atoms with Crippen molar-refractivity contribution in [3.63, 3.8) is 0 Å². The Hall–Kier alpha value is -2.67. The van der Waals surface area contributed by atoms with Crippen LogP contribution < -0.4 is 10.1 Å². The number of rotatable bonds is 6. The summed E-state index contributed by atoms with van der Waals surface area (Å²) in [5.41, 5.74) is 2.51. The Morgan fingerprint density at radius 1 is 1.38 bits per heavy atom. The Morgan fingerprint density at radius 2 is 2.25 bits per heavy atom. The summed E-state index contributed by atoms with van der Waals surface area (Å²) in [4.78, 5) is 16.9. The number of hydrogen-bond acceptors (Lipinski definition) is 5. The van der Waals surface area contributed by atoms with E-state index in [4.69, 9.17) is 4.74 Å². The second-order valence-corrected chi connectivity index (χ2v) is 6.08. The predicted octanol–water partition coefficient (Wildman–Crippen LogP) is 2.60. The maximum absolute atomic E-state index is 12.6. The van der Waals surface area contributed by atoms with Crippen LogP contribution in [0.2, 0.25) is 0 Å². The molecule has 0 aliphatic rings. The lowest BCUT2D eigenvalue weighted by atomic mass is 10.0. The van der Waals surface area contributed by atoms with E-state index in [9.17, 15) is 4.79 Å². The predicted molar refractivity (Wildman–Crippen MR) is 92.2 cm³/mol. The zero-order valence-electron chi connectivity index (χ0n) is 13.5. The number of thiophene rings is 1. The van der Waals surface area contributed by atoms with Gasteiger partial charge in [-0.2, -0.15) is 16.4 Å². The van der Waals surface area contributed by atoms with Crippen LogP contribution in [0, 0.1) is 0 Å². The Bertz CT molecular complexity index is 814. The minimum atomic E-state index is -0.245. The van der Waals surface area contributed by atoms with E-state index >= 15 is 0 Å². The fraction of sp³-hybridized carbons (Fsp3) is 0.235. The number of aromatic nitrogens is 3. The lowest BCUT2D eigenvalue weighted by molar-refractivity contribution is 0.0926. The molecular weight excluding hydrogens is 324 g/mol. The van der Waals surface area contributed by atoms with Gasteiger partial charge in [0, 0.05) is 25.0 Å². The average molecular weight is 342 g/mol. The first-order chi connectivity index (χ1) is 11.7. The van der Waals surface area contributed by atoms with Crippen LogP contribution >= 0.6 is 11.3 Å². The average Bonchev–Trinajstić information content (AvgIpc) is 3.25. The van der Waals surface area contributed by atoms with Gasteiger partial charge in [0.1, 0.15) is 5.69 Å². The third kappa shape index (κ3) is 3.46. The Labute approximate surface area is 144 Å². The molecule has 0 bridgehead atoms. The fourth-order valence-corrected chi connectivity index (χ4v) is 3.23. The first kappa shape index (κ1) is 16.2. The number of methoxy groups -OCH3 is 1. The Balaban J connectivity index is 1.90. The first-order valence-electron chi connectivity index (χ1n) is 7.48. The number of hydrogen-bond donors (Lipinski definition) is 1. The molecule has 1 atom stereocenters. The molecule has 3 aromatic rings. The molecule has 124 valence electrons. The molecule has 0 unspecified atom stereocenters. The van der Waals surface area contributed by atoms with E-state index in [1.54, 1.807) is 48.6 Å². The number of carbonyl (C=O) groups is 1. The highest BCUT2D eigenvalue weighted by Crippen LogP contribution is 2.26. The van der Waals surface area contributed by atoms with Gasteiger partial charge in [-0.1, -0.05) is 6.07 Å². The zero-order valence-corrected chi connectivity index (χ0v) is 14.3. The molecular formula is C17H18N4O2S. The van der Waals surface area contributed by atoms with Crippen molar-refractivity contribution >= 4 is 17.2 Å². The highest BCUT2D eigenvalue weighted by molar-refractivity contribution is 7.07. The summed E-state index contributed by atoms with van der Waals surface area (Å²) in [7, 11) is 3.32. The fourth-order valence-electron chi connectivity index (χ4n) is 2.55. The second kappa shape index (κ2) is 7.27. The van der Waals surface area contributed by atoms with Gasteiger partial charge in [-0.15, -0.1) is 0 Å². The number of amides is 1. The van der Waals surface area contributed by atoms with Gasteiger partial charge in [-0.3, -0.25) is 9.48 Å². The molecule has 0 saturated carbocycles. The normalized spacial score (nSPS) is 11.9. The topological polar surface area (TPSA) is 69.0 Å². The maximum Gasteiger partial charge on any atom is 0.270 e. The minimum absolute atomic E-state index is 0.180. The molecule has 6 nitrogen and oxygen atoms in total. The van der Waals surface area contributed by atoms with Crippen molar-refractivity contribution in [1.82, 2.24) is 20.1 Å². The van der Waals surface area contributed by atoms with Crippen LogP contribution in [0.5, 0.6) is 5.88 Å². The van der Waals surface area contributed by atoms with Crippen molar-refractivity contribution < 1.29 is 9.53 Å². The summed E-state index contributed by atoms with van der Waals surface area (Å²) < 4.78 is 6.92. The second-order valence-electron chi connectivity index (χ2n) is 5.30. The van der Waals surface area contributed by atoms with Gasteiger partial charge in [0.15, 0.2) is 0 Å². The van der Waals surface area contributed by atoms with Crippen LogP contribution in [0.15, 0.2) is 47.4 Å². The van der Waals surface area contributed by atoms with Crippen LogP contribution in [0.3, 0.4) is 0 Å². The SMILES string of the molecule is COc1ncccc1[C@@H](Cc1ccsc1)NC(=O)c1ccnn1C. The van der Waals surface area contributed by atoms with E-state index in [0.717, 1.165) is 11.1 Å². The summed E-state index contributed by atoms with van der Waals surface area (Å²) in [6, 6.07) is 7.26. The molecule has 1 N–H and O–H groups in total. The largest absolute Gasteiger partial charge is 0.481 e. The van der Waals surface area contributed by atoms with Crippen LogP contribution in [0.4, 0.5) is 0 Å². The summed E-state index contributed by atoms with van der Waals surface area (Å²) in [5.74, 6) is 0.337. The quantitative estimate of drug-likeness (QED) is 0.748. The van der Waals surface area contributed by atoms with E-state index in [0.29, 0.717) is 18.0 Å². The molecule has 0 fully saturated rings. The van der Waals surface area contributed by atoms with Gasteiger partial charge in [-0.25, -0.2) is 4.98 Å². The molecule has 0 aromatic carbocycles. The summed E-state index contributed by atoms with van der Waals surface area (Å²) in [5, 5.41) is 11.2. The molecule has 7 heteroatoms. The van der Waals surface area contributed by atoms with Gasteiger partial charge in [-0.05, 0) is 40.9 Å². The summed E-state index contributed by atoms with van der Waals surface area (Å²) in [6.07, 6.45) is 3.94. The monoisotopic (exact) mass is 342 g/mol. The van der Waals surface area contributed by atoms with Gasteiger partial charge in [0.25, 0.3) is 5.91 Å². The lowest BCUT2D eigenvalue weighted by Gasteiger charge is -2.20. The van der Waals surface area contributed by atoms with Crippen molar-refractivity contribution in [1.29, 1.82) is 0 Å². The number of nitrogens with zero attached hydrogens (tertiary/aromatic N) is 3. The molecule has 3 heterocycles. The highest BCUT2D eigenvalue weighted by Gasteiger charge is 2.22. The molecule has 0 aliphatic carbocycles. The van der Waals surface area contributed by atoms with Gasteiger partial charge in [0.2, 0.25) is 5.88 Å². The zero-order chi connectivity index (χ0) is 16.9. The van der Waals surface area contributed by atoms with Crippen molar-refractivity contribution in [3.8, 4) is 5.88 Å². The van der Waals surface area contributed by atoms with E-state index in [1.165, 1.54) is 0 Å². The molecule has 0 spiro atoms. The first-order valence-corrected chi connectivity index (χ1v) is 8.42. The van der Waals surface area contributed by atoms with Gasteiger partial charge in [0.05, 0.1) is 13.2 Å². The Kier molecular flexibility index (Phi) is 4.90. The van der Waals surface area contributed by atoms with Crippen LogP contribution in [0.25, 0.3) is 0 Å². The van der Waals surface area contributed by atoms with Crippen LogP contribution in [-0.2, 0) is 13.5 Å². The standard InChI is InChI=1S/C17H18N4O2S/c1-21-15(5-8-19-21)16(22)20-14(10-12-6-9-24-11-12)13-4-3-7-18-17(13)23-2/h3-9,11,14H,10H2,1-2H3,(H,20,22)/t14-/m1/s1.